The van der Waals surface area contributed by atoms with Gasteiger partial charge in [-0.2, -0.15) is 0 Å². The monoisotopic (exact) mass is 291 g/mol. The van der Waals surface area contributed by atoms with Gasteiger partial charge in [0.25, 0.3) is 0 Å². The molecule has 102 valence electrons. The van der Waals surface area contributed by atoms with Crippen LogP contribution in [0.25, 0.3) is 0 Å². The summed E-state index contributed by atoms with van der Waals surface area (Å²) >= 11 is 5.98. The summed E-state index contributed by atoms with van der Waals surface area (Å²) in [4.78, 5) is 4.80. The van der Waals surface area contributed by atoms with Crippen LogP contribution in [-0.2, 0) is 0 Å². The minimum Gasteiger partial charge on any atom is -0.248 e. The van der Waals surface area contributed by atoms with Gasteiger partial charge in [-0.1, -0.05) is 72.3 Å². The van der Waals surface area contributed by atoms with E-state index >= 15 is 0 Å². The normalized spacial score (nSPS) is 11.4. The van der Waals surface area contributed by atoms with Gasteiger partial charge in [0.2, 0.25) is 0 Å². The number of rotatable bonds is 3. The Morgan fingerprint density at radius 2 is 1.14 bits per heavy atom. The zero-order chi connectivity index (χ0) is 14.5. The zero-order valence-corrected chi connectivity index (χ0v) is 12.2. The molecule has 0 amide bonds. The summed E-state index contributed by atoms with van der Waals surface area (Å²) in [6.45, 7) is 0. The SMILES string of the molecule is Clc1ccc(C(=Nc2ccccc2)c2ccccc2)cc1. The summed E-state index contributed by atoms with van der Waals surface area (Å²) in [5.41, 5.74) is 4.02. The largest absolute Gasteiger partial charge is 0.248 e. The molecule has 21 heavy (non-hydrogen) atoms. The minimum absolute atomic E-state index is 0.728. The van der Waals surface area contributed by atoms with Crippen LogP contribution in [0, 0.1) is 0 Å². The first-order valence-electron chi connectivity index (χ1n) is 6.78. The van der Waals surface area contributed by atoms with Crippen molar-refractivity contribution in [3.8, 4) is 0 Å². The van der Waals surface area contributed by atoms with Gasteiger partial charge in [0.1, 0.15) is 0 Å². The lowest BCUT2D eigenvalue weighted by Gasteiger charge is -2.08. The number of hydrogen-bond donors (Lipinski definition) is 0. The van der Waals surface area contributed by atoms with Gasteiger partial charge in [0.15, 0.2) is 0 Å². The first-order valence-corrected chi connectivity index (χ1v) is 7.16. The van der Waals surface area contributed by atoms with Crippen LogP contribution in [0.15, 0.2) is 89.9 Å². The van der Waals surface area contributed by atoms with Crippen molar-refractivity contribution in [1.82, 2.24) is 0 Å². The third-order valence-electron chi connectivity index (χ3n) is 3.16. The maximum atomic E-state index is 5.98. The van der Waals surface area contributed by atoms with Crippen molar-refractivity contribution in [1.29, 1.82) is 0 Å². The Balaban J connectivity index is 2.12. The maximum absolute atomic E-state index is 5.98. The van der Waals surface area contributed by atoms with Crippen molar-refractivity contribution in [2.45, 2.75) is 0 Å². The van der Waals surface area contributed by atoms with Crippen LogP contribution in [0.2, 0.25) is 5.02 Å². The van der Waals surface area contributed by atoms with E-state index in [1.165, 1.54) is 0 Å². The molecule has 1 nitrogen and oxygen atoms in total. The highest BCUT2D eigenvalue weighted by Gasteiger charge is 2.07. The molecular weight excluding hydrogens is 278 g/mol. The molecule has 0 spiro atoms. The fourth-order valence-corrected chi connectivity index (χ4v) is 2.26. The average Bonchev–Trinajstić information content (AvgIpc) is 2.55. The molecule has 0 saturated carbocycles. The van der Waals surface area contributed by atoms with E-state index in [1.807, 2.05) is 72.8 Å². The molecule has 0 aliphatic heterocycles. The summed E-state index contributed by atoms with van der Waals surface area (Å²) < 4.78 is 0. The van der Waals surface area contributed by atoms with E-state index < -0.39 is 0 Å². The van der Waals surface area contributed by atoms with Crippen molar-refractivity contribution in [2.24, 2.45) is 4.99 Å². The fourth-order valence-electron chi connectivity index (χ4n) is 2.13. The second kappa shape index (κ2) is 6.38. The molecule has 3 aromatic carbocycles. The van der Waals surface area contributed by atoms with E-state index in [-0.39, 0.29) is 0 Å². The molecule has 0 aliphatic rings. The van der Waals surface area contributed by atoms with Crippen LogP contribution < -0.4 is 0 Å². The van der Waals surface area contributed by atoms with Crippen LogP contribution in [0.5, 0.6) is 0 Å². The lowest BCUT2D eigenvalue weighted by Crippen LogP contribution is -2.02. The summed E-state index contributed by atoms with van der Waals surface area (Å²) in [6, 6.07) is 27.9. The molecule has 0 N–H and O–H groups in total. The standard InChI is InChI=1S/C19H14ClN/c20-17-13-11-16(12-14-17)19(15-7-3-1-4-8-15)21-18-9-5-2-6-10-18/h1-14H. The molecule has 0 atom stereocenters. The fraction of sp³-hybridized carbons (Fsp3) is 0. The number of benzene rings is 3. The molecule has 0 saturated heterocycles. The Hall–Kier alpha value is -2.38. The molecule has 0 fully saturated rings. The van der Waals surface area contributed by atoms with Crippen LogP contribution >= 0.6 is 11.6 Å². The number of hydrogen-bond acceptors (Lipinski definition) is 1. The predicted molar refractivity (Wildman–Crippen MR) is 89.6 cm³/mol. The number of para-hydroxylation sites is 1. The highest BCUT2D eigenvalue weighted by molar-refractivity contribution is 6.30. The maximum Gasteiger partial charge on any atom is 0.0781 e. The van der Waals surface area contributed by atoms with Crippen LogP contribution in [-0.4, -0.2) is 5.71 Å². The van der Waals surface area contributed by atoms with Crippen LogP contribution in [0.3, 0.4) is 0 Å². The van der Waals surface area contributed by atoms with Gasteiger partial charge in [0.05, 0.1) is 11.4 Å². The third-order valence-corrected chi connectivity index (χ3v) is 3.41. The molecule has 3 rings (SSSR count). The van der Waals surface area contributed by atoms with Crippen molar-refractivity contribution in [2.75, 3.05) is 0 Å². The molecule has 0 radical (unpaired) electrons. The van der Waals surface area contributed by atoms with Gasteiger partial charge < -0.3 is 0 Å². The second-order valence-corrected chi connectivity index (χ2v) is 5.11. The quantitative estimate of drug-likeness (QED) is 0.564. The summed E-state index contributed by atoms with van der Waals surface area (Å²) in [6.07, 6.45) is 0. The highest BCUT2D eigenvalue weighted by atomic mass is 35.5. The Labute approximate surface area is 129 Å². The van der Waals surface area contributed by atoms with Crippen molar-refractivity contribution in [3.63, 3.8) is 0 Å². The lowest BCUT2D eigenvalue weighted by molar-refractivity contribution is 1.47. The van der Waals surface area contributed by atoms with Crippen molar-refractivity contribution >= 4 is 23.0 Å². The lowest BCUT2D eigenvalue weighted by atomic mass is 10.0. The van der Waals surface area contributed by atoms with Gasteiger partial charge in [-0.05, 0) is 24.3 Å². The molecule has 0 aromatic heterocycles. The van der Waals surface area contributed by atoms with Gasteiger partial charge in [-0.25, -0.2) is 4.99 Å². The molecule has 0 aliphatic carbocycles. The Morgan fingerprint density at radius 3 is 1.76 bits per heavy atom. The molecule has 3 aromatic rings. The summed E-state index contributed by atoms with van der Waals surface area (Å²) in [7, 11) is 0. The molecule has 2 heteroatoms. The van der Waals surface area contributed by atoms with Crippen molar-refractivity contribution in [3.05, 3.63) is 101 Å². The zero-order valence-electron chi connectivity index (χ0n) is 11.4. The third kappa shape index (κ3) is 3.39. The Kier molecular flexibility index (Phi) is 4.13. The topological polar surface area (TPSA) is 12.4 Å². The minimum atomic E-state index is 0.728. The number of halogens is 1. The number of aliphatic imine (C=N–C) groups is 1. The van der Waals surface area contributed by atoms with Crippen molar-refractivity contribution < 1.29 is 0 Å². The highest BCUT2D eigenvalue weighted by Crippen LogP contribution is 2.19. The molecule has 0 unspecified atom stereocenters. The van der Waals surface area contributed by atoms with E-state index in [0.717, 1.165) is 27.5 Å². The van der Waals surface area contributed by atoms with Gasteiger partial charge in [-0.15, -0.1) is 0 Å². The Bertz CT molecular complexity index is 732. The first-order chi connectivity index (χ1) is 10.3. The van der Waals surface area contributed by atoms with Crippen LogP contribution in [0.1, 0.15) is 11.1 Å². The van der Waals surface area contributed by atoms with Gasteiger partial charge in [0, 0.05) is 16.1 Å². The summed E-state index contributed by atoms with van der Waals surface area (Å²) in [5.74, 6) is 0. The first kappa shape index (κ1) is 13.6. The van der Waals surface area contributed by atoms with E-state index in [0.29, 0.717) is 0 Å². The number of nitrogens with zero attached hydrogens (tertiary/aromatic N) is 1. The van der Waals surface area contributed by atoms with Gasteiger partial charge >= 0.3 is 0 Å². The smallest absolute Gasteiger partial charge is 0.0781 e. The van der Waals surface area contributed by atoms with Crippen LogP contribution in [0.4, 0.5) is 5.69 Å². The molecule has 0 heterocycles. The molecule has 0 bridgehead atoms. The van der Waals surface area contributed by atoms with E-state index in [4.69, 9.17) is 16.6 Å². The second-order valence-electron chi connectivity index (χ2n) is 4.67. The predicted octanol–water partition coefficient (Wildman–Crippen LogP) is 5.51. The van der Waals surface area contributed by atoms with Gasteiger partial charge in [-0.3, -0.25) is 0 Å². The molecular formula is C19H14ClN. The average molecular weight is 292 g/mol. The summed E-state index contributed by atoms with van der Waals surface area (Å²) in [5, 5.41) is 0.728. The van der Waals surface area contributed by atoms with E-state index in [9.17, 15) is 0 Å². The Morgan fingerprint density at radius 1 is 0.619 bits per heavy atom. The van der Waals surface area contributed by atoms with E-state index in [1.54, 1.807) is 0 Å². The van der Waals surface area contributed by atoms with E-state index in [2.05, 4.69) is 12.1 Å².